The maximum absolute atomic E-state index is 11.5. The number of carbonyl (C=O) groups excluding carboxylic acids is 1. The Morgan fingerprint density at radius 1 is 1.38 bits per heavy atom. The normalized spacial score (nSPS) is 10.8. The van der Waals surface area contributed by atoms with E-state index in [1.165, 1.54) is 6.92 Å². The van der Waals surface area contributed by atoms with Gasteiger partial charge in [0, 0.05) is 34.5 Å². The number of hydrogen-bond acceptors (Lipinski definition) is 4. The maximum Gasteiger partial charge on any atom is 0.238 e. The van der Waals surface area contributed by atoms with Gasteiger partial charge >= 0.3 is 0 Å². The summed E-state index contributed by atoms with van der Waals surface area (Å²) in [4.78, 5) is 12.3. The van der Waals surface area contributed by atoms with Crippen LogP contribution in [0.5, 0.6) is 0 Å². The first-order chi connectivity index (χ1) is 7.15. The molecule has 0 spiro atoms. The predicted molar refractivity (Wildman–Crippen MR) is 64.0 cm³/mol. The van der Waals surface area contributed by atoms with Gasteiger partial charge in [0.2, 0.25) is 5.12 Å². The van der Waals surface area contributed by atoms with Gasteiger partial charge in [-0.05, 0) is 30.8 Å². The summed E-state index contributed by atoms with van der Waals surface area (Å²) in [5.74, 6) is -0.245. The van der Waals surface area contributed by atoms with Crippen molar-refractivity contribution in [2.45, 2.75) is 11.8 Å². The number of rotatable bonds is 2. The van der Waals surface area contributed by atoms with Gasteiger partial charge in [0.25, 0.3) is 0 Å². The minimum absolute atomic E-state index is 0. The molecule has 0 atom stereocenters. The van der Waals surface area contributed by atoms with Crippen molar-refractivity contribution < 1.29 is 9.90 Å². The van der Waals surface area contributed by atoms with Crippen molar-refractivity contribution in [3.05, 3.63) is 41.7 Å². The maximum atomic E-state index is 11.5. The van der Waals surface area contributed by atoms with Crippen molar-refractivity contribution in [1.29, 1.82) is 5.26 Å². The standard InChI is InChI=1S/C11H9NO2S.Na/c1-8(13)10(7-12)11(14)15-9-5-3-2-4-6-9;/h2-6,13H,1H3;. The molecule has 5 heteroatoms. The minimum atomic E-state index is -0.441. The Morgan fingerprint density at radius 2 is 1.94 bits per heavy atom. The van der Waals surface area contributed by atoms with Crippen LogP contribution in [0, 0.1) is 11.3 Å². The van der Waals surface area contributed by atoms with Crippen molar-refractivity contribution in [1.82, 2.24) is 0 Å². The molecule has 3 nitrogen and oxygen atoms in total. The fourth-order valence-electron chi connectivity index (χ4n) is 0.921. The monoisotopic (exact) mass is 242 g/mol. The second-order valence-corrected chi connectivity index (χ2v) is 3.82. The van der Waals surface area contributed by atoms with E-state index in [1.807, 2.05) is 6.07 Å². The number of hydrogen-bond donors (Lipinski definition) is 1. The van der Waals surface area contributed by atoms with E-state index in [0.29, 0.717) is 0 Å². The van der Waals surface area contributed by atoms with E-state index in [4.69, 9.17) is 10.4 Å². The van der Waals surface area contributed by atoms with Crippen LogP contribution in [0.4, 0.5) is 0 Å². The fraction of sp³-hybridized carbons (Fsp3) is 0.0909. The molecule has 0 aliphatic carbocycles. The van der Waals surface area contributed by atoms with Crippen LogP contribution in [0.25, 0.3) is 0 Å². The Labute approximate surface area is 120 Å². The Bertz CT molecular complexity index is 433. The number of nitriles is 1. The van der Waals surface area contributed by atoms with Gasteiger partial charge in [0.05, 0.1) is 0 Å². The summed E-state index contributed by atoms with van der Waals surface area (Å²) in [6.07, 6.45) is 0. The molecule has 0 fully saturated rings. The van der Waals surface area contributed by atoms with Crippen molar-refractivity contribution in [2.75, 3.05) is 0 Å². The summed E-state index contributed by atoms with van der Waals surface area (Å²) in [5.41, 5.74) is -0.205. The third-order valence-corrected chi connectivity index (χ3v) is 2.53. The number of allylic oxidation sites excluding steroid dienone is 1. The van der Waals surface area contributed by atoms with Gasteiger partial charge < -0.3 is 5.11 Å². The molecule has 1 radical (unpaired) electrons. The number of benzene rings is 1. The van der Waals surface area contributed by atoms with Gasteiger partial charge in [0.15, 0.2) is 0 Å². The van der Waals surface area contributed by atoms with Crippen LogP contribution in [0.15, 0.2) is 46.6 Å². The molecule has 0 aliphatic rings. The molecule has 0 bridgehead atoms. The van der Waals surface area contributed by atoms with Gasteiger partial charge in [-0.2, -0.15) is 5.26 Å². The molecule has 1 aromatic carbocycles. The molecule has 0 unspecified atom stereocenters. The van der Waals surface area contributed by atoms with Gasteiger partial charge in [-0.25, -0.2) is 0 Å². The third-order valence-electron chi connectivity index (χ3n) is 1.63. The van der Waals surface area contributed by atoms with E-state index in [-0.39, 0.29) is 40.9 Å². The summed E-state index contributed by atoms with van der Waals surface area (Å²) in [7, 11) is 0. The summed E-state index contributed by atoms with van der Waals surface area (Å²) < 4.78 is 0. The van der Waals surface area contributed by atoms with Gasteiger partial charge in [-0.3, -0.25) is 4.79 Å². The average molecular weight is 242 g/mol. The van der Waals surface area contributed by atoms with E-state index in [1.54, 1.807) is 30.3 Å². The molecule has 1 rings (SSSR count). The van der Waals surface area contributed by atoms with E-state index in [0.717, 1.165) is 16.7 Å². The quantitative estimate of drug-likeness (QED) is 0.284. The molecule has 0 amide bonds. The van der Waals surface area contributed by atoms with Crippen molar-refractivity contribution in [3.8, 4) is 6.07 Å². The molecular formula is C11H9NNaO2S. The van der Waals surface area contributed by atoms with Crippen LogP contribution in [0.1, 0.15) is 6.92 Å². The molecule has 1 aromatic rings. The molecule has 1 N–H and O–H groups in total. The number of nitrogens with zero attached hydrogens (tertiary/aromatic N) is 1. The van der Waals surface area contributed by atoms with E-state index in [9.17, 15) is 4.79 Å². The zero-order valence-corrected chi connectivity index (χ0v) is 11.9. The van der Waals surface area contributed by atoms with Crippen LogP contribution in [0.2, 0.25) is 0 Å². The summed E-state index contributed by atoms with van der Waals surface area (Å²) >= 11 is 0.925. The third kappa shape index (κ3) is 4.42. The Kier molecular flexibility index (Phi) is 7.18. The van der Waals surface area contributed by atoms with E-state index in [2.05, 4.69) is 0 Å². The second-order valence-electron chi connectivity index (χ2n) is 2.77. The Hall–Kier alpha value is -0.730. The van der Waals surface area contributed by atoms with E-state index < -0.39 is 5.12 Å². The predicted octanol–water partition coefficient (Wildman–Crippen LogP) is 2.28. The molecule has 0 aromatic heterocycles. The molecule has 77 valence electrons. The SMILES string of the molecule is CC(O)=C(C#N)C(=O)Sc1ccccc1.[Na]. The topological polar surface area (TPSA) is 61.1 Å². The van der Waals surface area contributed by atoms with Crippen LogP contribution < -0.4 is 0 Å². The molecule has 0 aliphatic heterocycles. The van der Waals surface area contributed by atoms with E-state index >= 15 is 0 Å². The van der Waals surface area contributed by atoms with Gasteiger partial charge in [0.1, 0.15) is 17.4 Å². The molecule has 0 saturated heterocycles. The van der Waals surface area contributed by atoms with Crippen molar-refractivity contribution in [2.24, 2.45) is 0 Å². The zero-order valence-electron chi connectivity index (χ0n) is 9.10. The first-order valence-corrected chi connectivity index (χ1v) is 5.04. The van der Waals surface area contributed by atoms with Gasteiger partial charge in [-0.1, -0.05) is 18.2 Å². The average Bonchev–Trinajstić information content (AvgIpc) is 2.19. The number of aliphatic hydroxyl groups excluding tert-OH is 1. The Balaban J connectivity index is 0.00000225. The number of aliphatic hydroxyl groups is 1. The van der Waals surface area contributed by atoms with Crippen LogP contribution >= 0.6 is 11.8 Å². The van der Waals surface area contributed by atoms with Crippen LogP contribution in [-0.4, -0.2) is 39.8 Å². The summed E-state index contributed by atoms with van der Waals surface area (Å²) in [5, 5.41) is 17.3. The van der Waals surface area contributed by atoms with Crippen LogP contribution in [-0.2, 0) is 4.79 Å². The first-order valence-electron chi connectivity index (χ1n) is 4.22. The van der Waals surface area contributed by atoms with Crippen molar-refractivity contribution >= 4 is 46.4 Å². The smallest absolute Gasteiger partial charge is 0.238 e. The largest absolute Gasteiger partial charge is 0.511 e. The molecule has 0 saturated carbocycles. The number of thioether (sulfide) groups is 1. The minimum Gasteiger partial charge on any atom is -0.511 e. The van der Waals surface area contributed by atoms with Crippen LogP contribution in [0.3, 0.4) is 0 Å². The van der Waals surface area contributed by atoms with Crippen molar-refractivity contribution in [3.63, 3.8) is 0 Å². The molecular weight excluding hydrogens is 233 g/mol. The molecule has 0 heterocycles. The van der Waals surface area contributed by atoms with Gasteiger partial charge in [-0.15, -0.1) is 0 Å². The fourth-order valence-corrected chi connectivity index (χ4v) is 1.72. The zero-order chi connectivity index (χ0) is 11.3. The number of carbonyl (C=O) groups is 1. The summed E-state index contributed by atoms with van der Waals surface area (Å²) in [6.45, 7) is 1.32. The summed E-state index contributed by atoms with van der Waals surface area (Å²) in [6, 6.07) is 10.7. The molecule has 16 heavy (non-hydrogen) atoms. The Morgan fingerprint density at radius 3 is 2.38 bits per heavy atom. The second kappa shape index (κ2) is 7.53. The first kappa shape index (κ1) is 15.3.